The number of aliphatic hydroxyl groups excluding tert-OH is 1. The van der Waals surface area contributed by atoms with E-state index < -0.39 is 0 Å². The third kappa shape index (κ3) is 4.83. The van der Waals surface area contributed by atoms with Crippen molar-refractivity contribution in [3.8, 4) is 11.8 Å². The smallest absolute Gasteiger partial charge is 0.321 e. The largest absolute Gasteiger partial charge is 0.395 e. The van der Waals surface area contributed by atoms with Crippen LogP contribution in [-0.4, -0.2) is 28.8 Å². The first-order valence-corrected chi connectivity index (χ1v) is 7.72. The maximum atomic E-state index is 11.8. The van der Waals surface area contributed by atoms with Gasteiger partial charge in [-0.05, 0) is 12.8 Å². The Morgan fingerprint density at radius 3 is 3.00 bits per heavy atom. The van der Waals surface area contributed by atoms with Gasteiger partial charge < -0.3 is 10.4 Å². The van der Waals surface area contributed by atoms with Crippen molar-refractivity contribution in [2.75, 3.05) is 11.9 Å². The summed E-state index contributed by atoms with van der Waals surface area (Å²) in [6, 6.07) is 0.0913. The van der Waals surface area contributed by atoms with Crippen LogP contribution in [0.1, 0.15) is 43.4 Å². The van der Waals surface area contributed by atoms with E-state index in [1.54, 1.807) is 6.20 Å². The third-order valence-electron chi connectivity index (χ3n) is 3.11. The lowest BCUT2D eigenvalue weighted by Crippen LogP contribution is -2.38. The van der Waals surface area contributed by atoms with Crippen molar-refractivity contribution in [2.24, 2.45) is 0 Å². The number of hydrogen-bond acceptors (Lipinski definition) is 4. The molecule has 0 atom stereocenters. The molecule has 1 fully saturated rings. The highest BCUT2D eigenvalue weighted by molar-refractivity contribution is 7.16. The number of amides is 2. The number of rotatable bonds is 3. The van der Waals surface area contributed by atoms with Crippen LogP contribution >= 0.6 is 11.3 Å². The second-order valence-corrected chi connectivity index (χ2v) is 5.77. The number of hydrogen-bond donors (Lipinski definition) is 3. The minimum absolute atomic E-state index is 0.0563. The van der Waals surface area contributed by atoms with Crippen molar-refractivity contribution in [3.05, 3.63) is 11.1 Å². The lowest BCUT2D eigenvalue weighted by molar-refractivity contribution is 0.244. The van der Waals surface area contributed by atoms with Crippen LogP contribution in [-0.2, 0) is 0 Å². The molecule has 1 aliphatic carbocycles. The summed E-state index contributed by atoms with van der Waals surface area (Å²) in [5.41, 5.74) is 0. The number of carbonyl (C=O) groups excluding carboxylic acids is 1. The van der Waals surface area contributed by atoms with E-state index in [0.29, 0.717) is 11.6 Å². The van der Waals surface area contributed by atoms with Gasteiger partial charge in [-0.25, -0.2) is 9.78 Å². The molecule has 0 bridgehead atoms. The normalized spacial score (nSPS) is 15.2. The van der Waals surface area contributed by atoms with Gasteiger partial charge in [0.25, 0.3) is 0 Å². The summed E-state index contributed by atoms with van der Waals surface area (Å²) in [6.07, 6.45) is 7.84. The van der Waals surface area contributed by atoms with E-state index in [2.05, 4.69) is 27.5 Å². The molecule has 1 aromatic rings. The summed E-state index contributed by atoms with van der Waals surface area (Å²) < 4.78 is 0. The molecule has 20 heavy (non-hydrogen) atoms. The average molecular weight is 293 g/mol. The highest BCUT2D eigenvalue weighted by Crippen LogP contribution is 2.19. The Balaban J connectivity index is 1.80. The van der Waals surface area contributed by atoms with Gasteiger partial charge in [-0.1, -0.05) is 42.4 Å². The number of aromatic nitrogens is 1. The van der Waals surface area contributed by atoms with Crippen LogP contribution in [0.5, 0.6) is 0 Å². The fraction of sp³-hybridized carbons (Fsp3) is 0.571. The average Bonchev–Trinajstić information content (AvgIpc) is 2.87. The molecule has 108 valence electrons. The fourth-order valence-corrected chi connectivity index (χ4v) is 2.85. The quantitative estimate of drug-likeness (QED) is 0.749. The Morgan fingerprint density at radius 1 is 1.45 bits per heavy atom. The second kappa shape index (κ2) is 7.88. The van der Waals surface area contributed by atoms with E-state index >= 15 is 0 Å². The van der Waals surface area contributed by atoms with Crippen LogP contribution in [0.2, 0.25) is 0 Å². The highest BCUT2D eigenvalue weighted by atomic mass is 32.1. The molecule has 6 heteroatoms. The summed E-state index contributed by atoms with van der Waals surface area (Å²) in [7, 11) is 0. The number of carbonyl (C=O) groups is 1. The van der Waals surface area contributed by atoms with Gasteiger partial charge in [0.05, 0.1) is 17.7 Å². The molecule has 3 N–H and O–H groups in total. The minimum Gasteiger partial charge on any atom is -0.395 e. The molecule has 0 spiro atoms. The Kier molecular flexibility index (Phi) is 5.84. The number of anilines is 1. The molecule has 0 unspecified atom stereocenters. The van der Waals surface area contributed by atoms with Crippen LogP contribution in [0.4, 0.5) is 9.93 Å². The molecule has 0 aliphatic heterocycles. The van der Waals surface area contributed by atoms with E-state index in [9.17, 15) is 4.79 Å². The lowest BCUT2D eigenvalue weighted by atomic mass is 9.96. The first-order valence-electron chi connectivity index (χ1n) is 6.91. The van der Waals surface area contributed by atoms with Crippen molar-refractivity contribution in [3.63, 3.8) is 0 Å². The molecule has 5 nitrogen and oxygen atoms in total. The summed E-state index contributed by atoms with van der Waals surface area (Å²) >= 11 is 1.34. The van der Waals surface area contributed by atoms with Gasteiger partial charge in [0.1, 0.15) is 0 Å². The maximum absolute atomic E-state index is 11.8. The Morgan fingerprint density at radius 2 is 2.25 bits per heavy atom. The topological polar surface area (TPSA) is 74.2 Å². The summed E-state index contributed by atoms with van der Waals surface area (Å²) in [4.78, 5) is 16.7. The van der Waals surface area contributed by atoms with Crippen LogP contribution in [0.15, 0.2) is 6.20 Å². The van der Waals surface area contributed by atoms with Gasteiger partial charge in [-0.15, -0.1) is 0 Å². The van der Waals surface area contributed by atoms with E-state index in [1.807, 2.05) is 0 Å². The van der Waals surface area contributed by atoms with Gasteiger partial charge in [-0.2, -0.15) is 0 Å². The molecule has 1 saturated carbocycles. The van der Waals surface area contributed by atoms with Crippen LogP contribution in [0.25, 0.3) is 0 Å². The van der Waals surface area contributed by atoms with Crippen LogP contribution < -0.4 is 10.6 Å². The monoisotopic (exact) mass is 293 g/mol. The van der Waals surface area contributed by atoms with E-state index in [1.165, 1.54) is 30.6 Å². The molecule has 1 heterocycles. The van der Waals surface area contributed by atoms with Crippen molar-refractivity contribution in [1.29, 1.82) is 0 Å². The Bertz CT molecular complexity index is 498. The van der Waals surface area contributed by atoms with E-state index in [0.717, 1.165) is 17.7 Å². The molecular weight excluding hydrogens is 274 g/mol. The van der Waals surface area contributed by atoms with Crippen molar-refractivity contribution < 1.29 is 9.90 Å². The minimum atomic E-state index is -0.193. The maximum Gasteiger partial charge on any atom is 0.321 e. The van der Waals surface area contributed by atoms with Gasteiger partial charge in [-0.3, -0.25) is 5.32 Å². The summed E-state index contributed by atoms with van der Waals surface area (Å²) in [5.74, 6) is 5.72. The van der Waals surface area contributed by atoms with Crippen LogP contribution in [0.3, 0.4) is 0 Å². The summed E-state index contributed by atoms with van der Waals surface area (Å²) in [5, 5.41) is 14.9. The van der Waals surface area contributed by atoms with Gasteiger partial charge in [0, 0.05) is 12.5 Å². The molecule has 1 aromatic heterocycles. The zero-order chi connectivity index (χ0) is 14.2. The standard InChI is InChI=1S/C14H19N3O2S/c18-9-5-4-8-12-10-15-14(20-12)17-13(19)16-11-6-2-1-3-7-11/h10-11,18H,1-3,5-7,9H2,(H2,15,16,17,19). The zero-order valence-electron chi connectivity index (χ0n) is 11.3. The van der Waals surface area contributed by atoms with Gasteiger partial charge >= 0.3 is 6.03 Å². The van der Waals surface area contributed by atoms with Crippen molar-refractivity contribution in [1.82, 2.24) is 10.3 Å². The van der Waals surface area contributed by atoms with Crippen molar-refractivity contribution in [2.45, 2.75) is 44.6 Å². The number of aliphatic hydroxyl groups is 1. The molecular formula is C14H19N3O2S. The summed E-state index contributed by atoms with van der Waals surface area (Å²) in [6.45, 7) is 0.0563. The molecule has 0 aromatic carbocycles. The van der Waals surface area contributed by atoms with E-state index in [-0.39, 0.29) is 18.7 Å². The first kappa shape index (κ1) is 14.8. The van der Waals surface area contributed by atoms with Gasteiger partial charge in [0.15, 0.2) is 5.13 Å². The number of nitrogens with zero attached hydrogens (tertiary/aromatic N) is 1. The van der Waals surface area contributed by atoms with Crippen LogP contribution in [0, 0.1) is 11.8 Å². The number of urea groups is 1. The molecule has 0 saturated heterocycles. The molecule has 2 amide bonds. The number of nitrogens with one attached hydrogen (secondary N) is 2. The predicted molar refractivity (Wildman–Crippen MR) is 79.7 cm³/mol. The third-order valence-corrected chi connectivity index (χ3v) is 3.94. The SMILES string of the molecule is O=C(Nc1ncc(C#CCCO)s1)NC1CCCCC1. The van der Waals surface area contributed by atoms with E-state index in [4.69, 9.17) is 5.11 Å². The fourth-order valence-electron chi connectivity index (χ4n) is 2.16. The van der Waals surface area contributed by atoms with Crippen molar-refractivity contribution >= 4 is 22.5 Å². The molecule has 1 aliphatic rings. The Labute approximate surface area is 122 Å². The molecule has 2 rings (SSSR count). The highest BCUT2D eigenvalue weighted by Gasteiger charge is 2.16. The van der Waals surface area contributed by atoms with Gasteiger partial charge in [0.2, 0.25) is 0 Å². The lowest BCUT2D eigenvalue weighted by Gasteiger charge is -2.22. The molecule has 0 radical (unpaired) electrons. The first-order chi connectivity index (χ1) is 9.78. The zero-order valence-corrected chi connectivity index (χ0v) is 12.1. The second-order valence-electron chi connectivity index (χ2n) is 4.74. The Hall–Kier alpha value is -1.58. The number of thiazole rings is 1. The predicted octanol–water partition coefficient (Wildman–Crippen LogP) is 2.33.